The summed E-state index contributed by atoms with van der Waals surface area (Å²) in [5.74, 6) is 0.0707. The van der Waals surface area contributed by atoms with Gasteiger partial charge >= 0.3 is 5.97 Å². The van der Waals surface area contributed by atoms with Crippen molar-refractivity contribution in [2.75, 3.05) is 7.11 Å². The lowest BCUT2D eigenvalue weighted by atomic mass is 9.96. The van der Waals surface area contributed by atoms with Crippen molar-refractivity contribution < 1.29 is 9.53 Å². The van der Waals surface area contributed by atoms with Crippen LogP contribution in [0.3, 0.4) is 0 Å². The van der Waals surface area contributed by atoms with E-state index in [9.17, 15) is 4.79 Å². The van der Waals surface area contributed by atoms with E-state index in [0.29, 0.717) is 6.42 Å². The second-order valence-corrected chi connectivity index (χ2v) is 3.60. The van der Waals surface area contributed by atoms with Gasteiger partial charge in [0.15, 0.2) is 0 Å². The quantitative estimate of drug-likeness (QED) is 0.688. The molecule has 1 unspecified atom stereocenters. The number of hydrogen-bond acceptors (Lipinski definition) is 2. The van der Waals surface area contributed by atoms with Crippen molar-refractivity contribution in [3.8, 4) is 0 Å². The third-order valence-corrected chi connectivity index (χ3v) is 2.31. The van der Waals surface area contributed by atoms with Crippen molar-refractivity contribution in [2.45, 2.75) is 26.2 Å². The van der Waals surface area contributed by atoms with Crippen LogP contribution in [-0.4, -0.2) is 13.1 Å². The van der Waals surface area contributed by atoms with Gasteiger partial charge in [0.1, 0.15) is 0 Å². The average Bonchev–Trinajstić information content (AvgIpc) is 2.17. The standard InChI is InChI=1S/C12H16O2/c1-9-5-4-6-11(7-9)10(2)8-12(13)14-3/h4-7,10H,8H2,1-3H3. The molecule has 0 amide bonds. The second kappa shape index (κ2) is 4.80. The maximum atomic E-state index is 11.1. The Labute approximate surface area is 84.9 Å². The van der Waals surface area contributed by atoms with Gasteiger partial charge in [-0.2, -0.15) is 0 Å². The number of ether oxygens (including phenoxy) is 1. The van der Waals surface area contributed by atoms with E-state index in [0.717, 1.165) is 0 Å². The molecular weight excluding hydrogens is 176 g/mol. The molecule has 0 fully saturated rings. The van der Waals surface area contributed by atoms with E-state index in [2.05, 4.69) is 10.8 Å². The molecule has 1 rings (SSSR count). The van der Waals surface area contributed by atoms with Crippen molar-refractivity contribution in [3.63, 3.8) is 0 Å². The van der Waals surface area contributed by atoms with E-state index in [1.807, 2.05) is 32.0 Å². The Balaban J connectivity index is 2.69. The normalized spacial score (nSPS) is 12.2. The van der Waals surface area contributed by atoms with Crippen molar-refractivity contribution in [1.29, 1.82) is 0 Å². The number of benzene rings is 1. The average molecular weight is 192 g/mol. The van der Waals surface area contributed by atoms with Gasteiger partial charge in [-0.3, -0.25) is 4.79 Å². The van der Waals surface area contributed by atoms with Crippen molar-refractivity contribution in [2.24, 2.45) is 0 Å². The molecule has 0 aliphatic carbocycles. The molecule has 2 nitrogen and oxygen atoms in total. The highest BCUT2D eigenvalue weighted by molar-refractivity contribution is 5.70. The molecule has 0 saturated carbocycles. The van der Waals surface area contributed by atoms with Gasteiger partial charge in [-0.1, -0.05) is 36.8 Å². The smallest absolute Gasteiger partial charge is 0.306 e. The summed E-state index contributed by atoms with van der Waals surface area (Å²) in [6, 6.07) is 8.21. The first-order chi connectivity index (χ1) is 6.63. The molecule has 0 saturated heterocycles. The van der Waals surface area contributed by atoms with Crippen LogP contribution >= 0.6 is 0 Å². The van der Waals surface area contributed by atoms with Crippen LogP contribution in [-0.2, 0) is 9.53 Å². The predicted octanol–water partition coefficient (Wildman–Crippen LogP) is 2.66. The van der Waals surface area contributed by atoms with Crippen LogP contribution in [0.2, 0.25) is 0 Å². The first-order valence-corrected chi connectivity index (χ1v) is 4.77. The molecule has 0 spiro atoms. The van der Waals surface area contributed by atoms with Gasteiger partial charge < -0.3 is 4.74 Å². The molecular formula is C12H16O2. The van der Waals surface area contributed by atoms with E-state index in [1.54, 1.807) is 0 Å². The minimum absolute atomic E-state index is 0.154. The van der Waals surface area contributed by atoms with Gasteiger partial charge in [-0.25, -0.2) is 0 Å². The summed E-state index contributed by atoms with van der Waals surface area (Å²) >= 11 is 0. The molecule has 0 N–H and O–H groups in total. The molecule has 0 aliphatic heterocycles. The number of carbonyl (C=O) groups excluding carboxylic acids is 1. The van der Waals surface area contributed by atoms with Gasteiger partial charge in [0, 0.05) is 0 Å². The van der Waals surface area contributed by atoms with Crippen LogP contribution in [0.15, 0.2) is 24.3 Å². The number of hydrogen-bond donors (Lipinski definition) is 0. The highest BCUT2D eigenvalue weighted by atomic mass is 16.5. The van der Waals surface area contributed by atoms with Gasteiger partial charge in [-0.05, 0) is 18.4 Å². The third-order valence-electron chi connectivity index (χ3n) is 2.31. The van der Waals surface area contributed by atoms with Gasteiger partial charge in [0.25, 0.3) is 0 Å². The molecule has 2 heteroatoms. The largest absolute Gasteiger partial charge is 0.469 e. The van der Waals surface area contributed by atoms with E-state index in [1.165, 1.54) is 18.2 Å². The maximum Gasteiger partial charge on any atom is 0.306 e. The zero-order valence-electron chi connectivity index (χ0n) is 8.91. The Bertz CT molecular complexity index is 318. The van der Waals surface area contributed by atoms with Crippen molar-refractivity contribution in [1.82, 2.24) is 0 Å². The molecule has 76 valence electrons. The summed E-state index contributed by atoms with van der Waals surface area (Å²) in [5, 5.41) is 0. The number of esters is 1. The minimum Gasteiger partial charge on any atom is -0.469 e. The summed E-state index contributed by atoms with van der Waals surface area (Å²) in [5.41, 5.74) is 2.41. The first-order valence-electron chi connectivity index (χ1n) is 4.77. The van der Waals surface area contributed by atoms with Crippen LogP contribution in [0, 0.1) is 6.92 Å². The number of methoxy groups -OCH3 is 1. The summed E-state index contributed by atoms with van der Waals surface area (Å²) < 4.78 is 4.63. The first kappa shape index (κ1) is 10.8. The van der Waals surface area contributed by atoms with E-state index < -0.39 is 0 Å². The molecule has 0 bridgehead atoms. The predicted molar refractivity (Wildman–Crippen MR) is 56.2 cm³/mol. The second-order valence-electron chi connectivity index (χ2n) is 3.60. The molecule has 14 heavy (non-hydrogen) atoms. The highest BCUT2D eigenvalue weighted by Crippen LogP contribution is 2.19. The van der Waals surface area contributed by atoms with Crippen molar-refractivity contribution >= 4 is 5.97 Å². The van der Waals surface area contributed by atoms with Crippen molar-refractivity contribution in [3.05, 3.63) is 35.4 Å². The molecule has 1 atom stereocenters. The van der Waals surface area contributed by atoms with Gasteiger partial charge in [0.2, 0.25) is 0 Å². The maximum absolute atomic E-state index is 11.1. The molecule has 0 heterocycles. The number of aryl methyl sites for hydroxylation is 1. The SMILES string of the molecule is COC(=O)CC(C)c1cccc(C)c1. The lowest BCUT2D eigenvalue weighted by Crippen LogP contribution is -2.05. The van der Waals surface area contributed by atoms with Crippen LogP contribution < -0.4 is 0 Å². The molecule has 0 aliphatic rings. The van der Waals surface area contributed by atoms with Gasteiger partial charge in [0.05, 0.1) is 13.5 Å². The summed E-state index contributed by atoms with van der Waals surface area (Å²) in [6.07, 6.45) is 0.444. The van der Waals surface area contributed by atoms with Gasteiger partial charge in [-0.15, -0.1) is 0 Å². The van der Waals surface area contributed by atoms with Crippen LogP contribution in [0.4, 0.5) is 0 Å². The fraction of sp³-hybridized carbons (Fsp3) is 0.417. The Morgan fingerprint density at radius 1 is 1.50 bits per heavy atom. The van der Waals surface area contributed by atoms with E-state index >= 15 is 0 Å². The Morgan fingerprint density at radius 2 is 2.21 bits per heavy atom. The fourth-order valence-electron chi connectivity index (χ4n) is 1.43. The molecule has 0 radical (unpaired) electrons. The lowest BCUT2D eigenvalue weighted by Gasteiger charge is -2.10. The zero-order chi connectivity index (χ0) is 10.6. The summed E-state index contributed by atoms with van der Waals surface area (Å²) in [7, 11) is 1.42. The molecule has 0 aromatic heterocycles. The molecule has 1 aromatic carbocycles. The minimum atomic E-state index is -0.154. The Hall–Kier alpha value is -1.31. The zero-order valence-corrected chi connectivity index (χ0v) is 8.91. The number of carbonyl (C=O) groups is 1. The van der Waals surface area contributed by atoms with Crippen LogP contribution in [0.25, 0.3) is 0 Å². The summed E-state index contributed by atoms with van der Waals surface area (Å²) in [4.78, 5) is 11.1. The topological polar surface area (TPSA) is 26.3 Å². The van der Waals surface area contributed by atoms with Crippen LogP contribution in [0.5, 0.6) is 0 Å². The van der Waals surface area contributed by atoms with E-state index in [-0.39, 0.29) is 11.9 Å². The number of rotatable bonds is 3. The third kappa shape index (κ3) is 2.87. The fourth-order valence-corrected chi connectivity index (χ4v) is 1.43. The summed E-state index contributed by atoms with van der Waals surface area (Å²) in [6.45, 7) is 4.08. The Kier molecular flexibility index (Phi) is 3.69. The van der Waals surface area contributed by atoms with Crippen LogP contribution in [0.1, 0.15) is 30.4 Å². The lowest BCUT2D eigenvalue weighted by molar-refractivity contribution is -0.140. The Morgan fingerprint density at radius 3 is 2.79 bits per heavy atom. The van der Waals surface area contributed by atoms with E-state index in [4.69, 9.17) is 0 Å². The highest BCUT2D eigenvalue weighted by Gasteiger charge is 2.10. The molecule has 1 aromatic rings. The monoisotopic (exact) mass is 192 g/mol.